The summed E-state index contributed by atoms with van der Waals surface area (Å²) in [5.41, 5.74) is -1.07. The minimum Gasteiger partial charge on any atom is -0.481 e. The van der Waals surface area contributed by atoms with Crippen LogP contribution in [0.15, 0.2) is 12.1 Å². The zero-order chi connectivity index (χ0) is 14.0. The number of aliphatic carboxylic acids is 1. The largest absolute Gasteiger partial charge is 0.481 e. The molecule has 2 rings (SSSR count). The monoisotopic (exact) mass is 275 g/mol. The van der Waals surface area contributed by atoms with Gasteiger partial charge in [0, 0.05) is 6.04 Å². The average molecular weight is 275 g/mol. The number of carboxylic acids is 1. The molecule has 1 fully saturated rings. The molecule has 0 spiro atoms. The molecule has 104 valence electrons. The van der Waals surface area contributed by atoms with Gasteiger partial charge in [-0.05, 0) is 30.9 Å². The highest BCUT2D eigenvalue weighted by Crippen LogP contribution is 2.35. The first-order valence-electron chi connectivity index (χ1n) is 5.75. The second-order valence-corrected chi connectivity index (χ2v) is 4.49. The number of aromatic nitrogens is 2. The van der Waals surface area contributed by atoms with Gasteiger partial charge in [0.1, 0.15) is 5.82 Å². The maximum absolute atomic E-state index is 12.3. The number of hydrogen-bond donors (Lipinski definition) is 2. The Kier molecular flexibility index (Phi) is 3.59. The molecule has 2 N–H and O–H groups in total. The molecule has 1 aliphatic carbocycles. The van der Waals surface area contributed by atoms with Gasteiger partial charge in [0.05, 0.1) is 6.42 Å². The third kappa shape index (κ3) is 3.80. The summed E-state index contributed by atoms with van der Waals surface area (Å²) in [6.07, 6.45) is -2.78. The molecule has 5 nitrogen and oxygen atoms in total. The van der Waals surface area contributed by atoms with E-state index in [0.29, 0.717) is 0 Å². The molecule has 0 saturated heterocycles. The second-order valence-electron chi connectivity index (χ2n) is 4.49. The van der Waals surface area contributed by atoms with E-state index in [-0.39, 0.29) is 24.2 Å². The Labute approximate surface area is 106 Å². The molecule has 8 heteroatoms. The lowest BCUT2D eigenvalue weighted by Crippen LogP contribution is -2.26. The van der Waals surface area contributed by atoms with Crippen LogP contribution in [0, 0.1) is 5.92 Å². The predicted octanol–water partition coefficient (Wildman–Crippen LogP) is 2.16. The molecule has 1 atom stereocenters. The van der Waals surface area contributed by atoms with Crippen molar-refractivity contribution in [3.63, 3.8) is 0 Å². The average Bonchev–Trinajstić information content (AvgIpc) is 3.10. The summed E-state index contributed by atoms with van der Waals surface area (Å²) in [5, 5.41) is 18.1. The molecule has 1 aromatic heterocycles. The van der Waals surface area contributed by atoms with Crippen molar-refractivity contribution in [1.82, 2.24) is 10.2 Å². The van der Waals surface area contributed by atoms with E-state index in [4.69, 9.17) is 5.11 Å². The minimum absolute atomic E-state index is 0.0899. The maximum atomic E-state index is 12.3. The van der Waals surface area contributed by atoms with Gasteiger partial charge < -0.3 is 10.4 Å². The van der Waals surface area contributed by atoms with Crippen LogP contribution in [0.2, 0.25) is 0 Å². The van der Waals surface area contributed by atoms with Crippen molar-refractivity contribution in [3.05, 3.63) is 17.8 Å². The Morgan fingerprint density at radius 1 is 1.42 bits per heavy atom. The van der Waals surface area contributed by atoms with Crippen molar-refractivity contribution in [2.24, 2.45) is 5.92 Å². The molecule has 1 aromatic rings. The first kappa shape index (κ1) is 13.6. The summed E-state index contributed by atoms with van der Waals surface area (Å²) in [4.78, 5) is 10.7. The molecule has 0 aromatic carbocycles. The minimum atomic E-state index is -4.53. The van der Waals surface area contributed by atoms with E-state index in [0.717, 1.165) is 25.0 Å². The molecule has 0 bridgehead atoms. The van der Waals surface area contributed by atoms with Gasteiger partial charge in [-0.1, -0.05) is 0 Å². The van der Waals surface area contributed by atoms with Gasteiger partial charge in [-0.25, -0.2) is 0 Å². The summed E-state index contributed by atoms with van der Waals surface area (Å²) in [6, 6.07) is 1.66. The Hall–Kier alpha value is -1.86. The highest BCUT2D eigenvalue weighted by Gasteiger charge is 2.34. The van der Waals surface area contributed by atoms with E-state index < -0.39 is 17.8 Å². The Bertz CT molecular complexity index is 457. The fourth-order valence-electron chi connectivity index (χ4n) is 1.77. The van der Waals surface area contributed by atoms with Crippen molar-refractivity contribution in [2.45, 2.75) is 31.5 Å². The molecule has 1 unspecified atom stereocenters. The van der Waals surface area contributed by atoms with Crippen molar-refractivity contribution in [2.75, 3.05) is 5.32 Å². The quantitative estimate of drug-likeness (QED) is 0.861. The topological polar surface area (TPSA) is 75.1 Å². The third-order valence-corrected chi connectivity index (χ3v) is 2.87. The fraction of sp³-hybridized carbons (Fsp3) is 0.545. The Morgan fingerprint density at radius 2 is 2.11 bits per heavy atom. The number of nitrogens with zero attached hydrogens (tertiary/aromatic N) is 2. The Morgan fingerprint density at radius 3 is 2.53 bits per heavy atom. The summed E-state index contributed by atoms with van der Waals surface area (Å²) < 4.78 is 36.9. The van der Waals surface area contributed by atoms with Crippen LogP contribution in [0.4, 0.5) is 19.0 Å². The lowest BCUT2D eigenvalue weighted by atomic mass is 10.1. The van der Waals surface area contributed by atoms with E-state index >= 15 is 0 Å². The van der Waals surface area contributed by atoms with Crippen LogP contribution < -0.4 is 5.32 Å². The van der Waals surface area contributed by atoms with Crippen LogP contribution in [0.25, 0.3) is 0 Å². The van der Waals surface area contributed by atoms with Crippen LogP contribution in [0.5, 0.6) is 0 Å². The van der Waals surface area contributed by atoms with Gasteiger partial charge in [-0.3, -0.25) is 4.79 Å². The summed E-state index contributed by atoms with van der Waals surface area (Å²) >= 11 is 0. The number of alkyl halides is 3. The highest BCUT2D eigenvalue weighted by atomic mass is 19.4. The molecule has 0 radical (unpaired) electrons. The fourth-order valence-corrected chi connectivity index (χ4v) is 1.77. The summed E-state index contributed by atoms with van der Waals surface area (Å²) in [7, 11) is 0. The molecule has 1 saturated carbocycles. The molecular weight excluding hydrogens is 263 g/mol. The number of nitrogens with one attached hydrogen (secondary N) is 1. The Balaban J connectivity index is 2.03. The van der Waals surface area contributed by atoms with Crippen LogP contribution in [0.3, 0.4) is 0 Å². The third-order valence-electron chi connectivity index (χ3n) is 2.87. The first-order chi connectivity index (χ1) is 8.86. The van der Waals surface area contributed by atoms with Crippen LogP contribution in [0.1, 0.15) is 25.0 Å². The maximum Gasteiger partial charge on any atom is 0.435 e. The van der Waals surface area contributed by atoms with Crippen molar-refractivity contribution >= 4 is 11.8 Å². The van der Waals surface area contributed by atoms with E-state index in [1.54, 1.807) is 0 Å². The van der Waals surface area contributed by atoms with Gasteiger partial charge in [-0.15, -0.1) is 10.2 Å². The molecule has 1 aliphatic rings. The molecule has 1 heterocycles. The van der Waals surface area contributed by atoms with E-state index in [1.807, 2.05) is 0 Å². The normalized spacial score (nSPS) is 17.0. The predicted molar refractivity (Wildman–Crippen MR) is 59.4 cm³/mol. The van der Waals surface area contributed by atoms with Gasteiger partial charge in [0.2, 0.25) is 0 Å². The van der Waals surface area contributed by atoms with E-state index in [2.05, 4.69) is 15.5 Å². The molecule has 0 aliphatic heterocycles. The van der Waals surface area contributed by atoms with Crippen LogP contribution in [-0.4, -0.2) is 27.3 Å². The lowest BCUT2D eigenvalue weighted by Gasteiger charge is -2.16. The highest BCUT2D eigenvalue weighted by molar-refractivity contribution is 5.68. The smallest absolute Gasteiger partial charge is 0.435 e. The van der Waals surface area contributed by atoms with Crippen LogP contribution >= 0.6 is 0 Å². The molecule has 19 heavy (non-hydrogen) atoms. The summed E-state index contributed by atoms with van der Waals surface area (Å²) in [5.74, 6) is -0.560. The van der Waals surface area contributed by atoms with Crippen molar-refractivity contribution in [1.29, 1.82) is 0 Å². The van der Waals surface area contributed by atoms with Gasteiger partial charge >= 0.3 is 12.1 Å². The number of carboxylic acid groups (broad SMARTS) is 1. The zero-order valence-electron chi connectivity index (χ0n) is 9.81. The number of carbonyl (C=O) groups is 1. The molecular formula is C11H12F3N3O2. The first-order valence-corrected chi connectivity index (χ1v) is 5.75. The van der Waals surface area contributed by atoms with Crippen LogP contribution in [-0.2, 0) is 11.0 Å². The summed E-state index contributed by atoms with van der Waals surface area (Å²) in [6.45, 7) is 0. The van der Waals surface area contributed by atoms with Gasteiger partial charge in [0.25, 0.3) is 0 Å². The van der Waals surface area contributed by atoms with Gasteiger partial charge in [0.15, 0.2) is 5.69 Å². The lowest BCUT2D eigenvalue weighted by molar-refractivity contribution is -0.141. The SMILES string of the molecule is O=C(O)CC(Nc1ccc(C(F)(F)F)nn1)C1CC1. The van der Waals surface area contributed by atoms with Crippen molar-refractivity contribution < 1.29 is 23.1 Å². The number of rotatable bonds is 5. The van der Waals surface area contributed by atoms with Gasteiger partial charge in [-0.2, -0.15) is 13.2 Å². The number of halogens is 3. The number of anilines is 1. The standard InChI is InChI=1S/C11H12F3N3O2/c12-11(13,14)8-3-4-9(17-16-8)15-7(5-10(18)19)6-1-2-6/h3-4,6-7H,1-2,5H2,(H,15,17)(H,18,19). The molecule has 0 amide bonds. The number of hydrogen-bond acceptors (Lipinski definition) is 4. The van der Waals surface area contributed by atoms with Crippen molar-refractivity contribution in [3.8, 4) is 0 Å². The van der Waals surface area contributed by atoms with E-state index in [9.17, 15) is 18.0 Å². The van der Waals surface area contributed by atoms with E-state index in [1.165, 1.54) is 0 Å². The second kappa shape index (κ2) is 5.02. The zero-order valence-corrected chi connectivity index (χ0v) is 9.81.